The molecule has 4 heteroatoms. The van der Waals surface area contributed by atoms with Gasteiger partial charge in [0.05, 0.1) is 5.34 Å². The molecule has 0 unspecified atom stereocenters. The third-order valence-corrected chi connectivity index (χ3v) is 1.46. The highest BCUT2D eigenvalue weighted by Crippen LogP contribution is 1.95. The maximum atomic E-state index is 7.00. The van der Waals surface area contributed by atoms with Crippen molar-refractivity contribution in [3.05, 3.63) is 0 Å². The number of unbranched alkanes of at least 4 members (excludes halogenated alkanes) is 3. The Labute approximate surface area is 113 Å². The number of hydrogen-bond donors (Lipinski definition) is 2. The summed E-state index contributed by atoms with van der Waals surface area (Å²) in [6, 6.07) is 0. The van der Waals surface area contributed by atoms with Crippen LogP contribution in [0.15, 0.2) is 0 Å². The van der Waals surface area contributed by atoms with Crippen molar-refractivity contribution >= 4 is 23.2 Å². The monoisotopic (exact) mass is 275 g/mol. The smallest absolute Gasteiger partial charge is 0.0967 e. The third kappa shape index (κ3) is 87.4. The van der Waals surface area contributed by atoms with Crippen LogP contribution in [0.3, 0.4) is 0 Å². The van der Waals surface area contributed by atoms with Crippen molar-refractivity contribution in [2.75, 3.05) is 25.5 Å². The Hall–Kier alpha value is 0.500. The molecule has 2 nitrogen and oxygen atoms in total. The fraction of sp³-hybridized carbons (Fsp3) is 1.00. The average molecular weight is 276 g/mol. The Morgan fingerprint density at radius 3 is 1.12 bits per heavy atom. The number of rotatable bonds is 5. The van der Waals surface area contributed by atoms with Crippen LogP contribution in [0, 0.1) is 0 Å². The normalized spacial score (nSPS) is 7.50. The van der Waals surface area contributed by atoms with Gasteiger partial charge in [-0.25, -0.2) is 0 Å². The van der Waals surface area contributed by atoms with Gasteiger partial charge in [-0.3, -0.25) is 0 Å². The van der Waals surface area contributed by atoms with E-state index in [1.165, 1.54) is 25.7 Å². The molecule has 0 amide bonds. The Balaban J connectivity index is -0.0000000653. The Morgan fingerprint density at radius 2 is 1.06 bits per heavy atom. The average Bonchev–Trinajstić information content (AvgIpc) is 2.32. The number of aliphatic hydroxyl groups excluding tert-OH is 1. The largest absolute Gasteiger partial charge is 0.400 e. The number of hydrogen-bond acceptors (Lipinski definition) is 2. The molecule has 0 saturated carbocycles. The van der Waals surface area contributed by atoms with Crippen LogP contribution in [-0.4, -0.2) is 30.6 Å². The van der Waals surface area contributed by atoms with Gasteiger partial charge >= 0.3 is 0 Å². The second-order valence-electron chi connectivity index (χ2n) is 2.77. The molecule has 0 fully saturated rings. The first-order valence-corrected chi connectivity index (χ1v) is 7.09. The summed E-state index contributed by atoms with van der Waals surface area (Å²) in [5.41, 5.74) is 0. The molecule has 0 aromatic carbocycles. The van der Waals surface area contributed by atoms with Crippen molar-refractivity contribution in [2.45, 2.75) is 53.4 Å². The summed E-state index contributed by atoms with van der Waals surface area (Å²) in [4.78, 5) is 0. The minimum absolute atomic E-state index is 0.194. The van der Waals surface area contributed by atoms with E-state index < -0.39 is 0 Å². The first kappa shape index (κ1) is 25.4. The van der Waals surface area contributed by atoms with E-state index in [9.17, 15) is 0 Å². The highest BCUT2D eigenvalue weighted by molar-refractivity contribution is 6.40. The molecule has 2 N–H and O–H groups in total. The number of alkyl halides is 2. The van der Waals surface area contributed by atoms with Gasteiger partial charge in [0.1, 0.15) is 0 Å². The van der Waals surface area contributed by atoms with E-state index in [-0.39, 0.29) is 5.34 Å². The number of aliphatic hydroxyl groups is 1. The van der Waals surface area contributed by atoms with Gasteiger partial charge in [-0.1, -0.05) is 53.4 Å². The summed E-state index contributed by atoms with van der Waals surface area (Å²) in [5.74, 6) is 0. The zero-order valence-corrected chi connectivity index (χ0v) is 13.2. The zero-order valence-electron chi connectivity index (χ0n) is 11.7. The quantitative estimate of drug-likeness (QED) is 0.581. The molecule has 0 aromatic rings. The van der Waals surface area contributed by atoms with Gasteiger partial charge in [0.25, 0.3) is 0 Å². The van der Waals surface area contributed by atoms with Gasteiger partial charge in [-0.15, -0.1) is 23.2 Å². The lowest BCUT2D eigenvalue weighted by Gasteiger charge is -1.86. The van der Waals surface area contributed by atoms with Gasteiger partial charge in [0.2, 0.25) is 0 Å². The molecule has 0 radical (unpaired) electrons. The molecule has 0 aliphatic heterocycles. The Kier molecular flexibility index (Phi) is 71.5. The molecule has 0 aliphatic carbocycles. The van der Waals surface area contributed by atoms with Crippen LogP contribution in [0.5, 0.6) is 0 Å². The first-order chi connectivity index (χ1) is 7.74. The van der Waals surface area contributed by atoms with Crippen molar-refractivity contribution in [2.24, 2.45) is 0 Å². The molecular weight excluding hydrogens is 245 g/mol. The molecule has 0 aliphatic rings. The van der Waals surface area contributed by atoms with Crippen LogP contribution in [0.25, 0.3) is 0 Å². The summed E-state index contributed by atoms with van der Waals surface area (Å²) in [5, 5.41) is 10.3. The SMILES string of the molecule is CCCCCC.CCNCC.CO.ClCCl. The van der Waals surface area contributed by atoms with Crippen molar-refractivity contribution in [3.63, 3.8) is 0 Å². The van der Waals surface area contributed by atoms with Crippen LogP contribution >= 0.6 is 23.2 Å². The van der Waals surface area contributed by atoms with E-state index in [0.29, 0.717) is 0 Å². The molecule has 0 aromatic heterocycles. The van der Waals surface area contributed by atoms with E-state index in [4.69, 9.17) is 28.3 Å². The highest BCUT2D eigenvalue weighted by atomic mass is 35.5. The lowest BCUT2D eigenvalue weighted by atomic mass is 10.2. The predicted molar refractivity (Wildman–Crippen MR) is 78.7 cm³/mol. The zero-order chi connectivity index (χ0) is 13.7. The van der Waals surface area contributed by atoms with Gasteiger partial charge in [0, 0.05) is 7.11 Å². The fourth-order valence-corrected chi connectivity index (χ4v) is 0.750. The molecular formula is C12H31Cl2NO. The highest BCUT2D eigenvalue weighted by Gasteiger charge is 1.75. The standard InChI is InChI=1S/C6H14.C4H11N.CH2Cl2.CH4O/c1-3-5-6-4-2;1-3-5-4-2;2-1-3;1-2/h3-6H2,1-2H3;5H,3-4H2,1-2H3;1H2;2H,1H3. The molecule has 0 atom stereocenters. The Bertz CT molecular complexity index is 61.0. The molecule has 16 heavy (non-hydrogen) atoms. The summed E-state index contributed by atoms with van der Waals surface area (Å²) >= 11 is 9.53. The van der Waals surface area contributed by atoms with Gasteiger partial charge < -0.3 is 10.4 Å². The van der Waals surface area contributed by atoms with Gasteiger partial charge in [0.15, 0.2) is 0 Å². The molecule has 0 heterocycles. The summed E-state index contributed by atoms with van der Waals surface area (Å²) in [7, 11) is 1.00. The van der Waals surface area contributed by atoms with Gasteiger partial charge in [-0.05, 0) is 13.1 Å². The fourth-order valence-electron chi connectivity index (χ4n) is 0.750. The molecule has 0 saturated heterocycles. The number of nitrogens with one attached hydrogen (secondary N) is 1. The topological polar surface area (TPSA) is 32.3 Å². The molecule has 104 valence electrons. The van der Waals surface area contributed by atoms with E-state index in [2.05, 4.69) is 33.0 Å². The van der Waals surface area contributed by atoms with E-state index in [1.807, 2.05) is 0 Å². The third-order valence-electron chi connectivity index (χ3n) is 1.46. The number of halogens is 2. The molecule has 0 spiro atoms. The maximum absolute atomic E-state index is 7.00. The van der Waals surface area contributed by atoms with E-state index in [1.54, 1.807) is 0 Å². The van der Waals surface area contributed by atoms with Crippen molar-refractivity contribution in [3.8, 4) is 0 Å². The van der Waals surface area contributed by atoms with Crippen molar-refractivity contribution in [1.29, 1.82) is 0 Å². The van der Waals surface area contributed by atoms with Crippen LogP contribution in [0.1, 0.15) is 53.4 Å². The summed E-state index contributed by atoms with van der Waals surface area (Å²) < 4.78 is 0. The summed E-state index contributed by atoms with van der Waals surface area (Å²) in [6.45, 7) is 10.9. The minimum Gasteiger partial charge on any atom is -0.400 e. The van der Waals surface area contributed by atoms with Crippen LogP contribution in [0.4, 0.5) is 0 Å². The lowest BCUT2D eigenvalue weighted by molar-refractivity contribution is 0.399. The van der Waals surface area contributed by atoms with Crippen LogP contribution in [0.2, 0.25) is 0 Å². The molecule has 0 bridgehead atoms. The predicted octanol–water partition coefficient (Wildman–Crippen LogP) is 4.23. The maximum Gasteiger partial charge on any atom is 0.0967 e. The Morgan fingerprint density at radius 1 is 0.812 bits per heavy atom. The van der Waals surface area contributed by atoms with Crippen molar-refractivity contribution in [1.82, 2.24) is 5.32 Å². The second kappa shape index (κ2) is 45.1. The minimum atomic E-state index is 0.194. The van der Waals surface area contributed by atoms with Crippen LogP contribution < -0.4 is 5.32 Å². The first-order valence-electron chi connectivity index (χ1n) is 6.02. The summed E-state index contributed by atoms with van der Waals surface area (Å²) in [6.07, 6.45) is 5.54. The second-order valence-corrected chi connectivity index (χ2v) is 3.57. The van der Waals surface area contributed by atoms with Gasteiger partial charge in [-0.2, -0.15) is 0 Å². The van der Waals surface area contributed by atoms with E-state index >= 15 is 0 Å². The van der Waals surface area contributed by atoms with Crippen molar-refractivity contribution < 1.29 is 5.11 Å². The molecule has 0 rings (SSSR count). The van der Waals surface area contributed by atoms with E-state index in [0.717, 1.165) is 20.2 Å². The van der Waals surface area contributed by atoms with Crippen LogP contribution in [-0.2, 0) is 0 Å². The lowest BCUT2D eigenvalue weighted by Crippen LogP contribution is -2.09.